The molecule has 230 valence electrons. The van der Waals surface area contributed by atoms with E-state index in [-0.39, 0.29) is 12.2 Å². The normalized spacial score (nSPS) is 14.2. The van der Waals surface area contributed by atoms with E-state index in [4.69, 9.17) is 9.97 Å². The molecule has 1 fully saturated rings. The Morgan fingerprint density at radius 1 is 0.911 bits per heavy atom. The van der Waals surface area contributed by atoms with Gasteiger partial charge in [0.25, 0.3) is 0 Å². The predicted octanol–water partition coefficient (Wildman–Crippen LogP) is 5.63. The van der Waals surface area contributed by atoms with E-state index in [1.165, 1.54) is 44.1 Å². The Morgan fingerprint density at radius 2 is 1.73 bits per heavy atom. The molecule has 0 atom stereocenters. The van der Waals surface area contributed by atoms with Crippen molar-refractivity contribution in [1.82, 2.24) is 40.4 Å². The zero-order chi connectivity index (χ0) is 31.0. The van der Waals surface area contributed by atoms with E-state index in [1.807, 2.05) is 24.5 Å². The van der Waals surface area contributed by atoms with Crippen LogP contribution in [0.25, 0.3) is 56.0 Å². The van der Waals surface area contributed by atoms with Crippen LogP contribution in [0, 0.1) is 11.7 Å². The van der Waals surface area contributed by atoms with E-state index in [0.29, 0.717) is 44.8 Å². The number of hydrogen-bond donors (Lipinski definition) is 3. The van der Waals surface area contributed by atoms with Gasteiger partial charge in [0, 0.05) is 42.5 Å². The second-order valence-corrected chi connectivity index (χ2v) is 14.2. The van der Waals surface area contributed by atoms with Crippen molar-refractivity contribution in [3.05, 3.63) is 78.1 Å². The molecule has 0 spiro atoms. The van der Waals surface area contributed by atoms with Gasteiger partial charge in [-0.05, 0) is 78.7 Å². The van der Waals surface area contributed by atoms with Gasteiger partial charge in [-0.3, -0.25) is 15.1 Å². The zero-order valence-corrected chi connectivity index (χ0v) is 25.7. The van der Waals surface area contributed by atoms with E-state index >= 15 is 0 Å². The fourth-order valence-electron chi connectivity index (χ4n) is 6.09. The molecule has 1 saturated carbocycles. The molecule has 12 heteroatoms. The molecule has 45 heavy (non-hydrogen) atoms. The van der Waals surface area contributed by atoms with Crippen LogP contribution < -0.4 is 5.32 Å². The third-order valence-corrected chi connectivity index (χ3v) is 9.33. The molecule has 0 amide bonds. The van der Waals surface area contributed by atoms with Gasteiger partial charge in [-0.2, -0.15) is 5.10 Å². The maximum Gasteiger partial charge on any atom is 0.161 e. The highest BCUT2D eigenvalue weighted by Crippen LogP contribution is 2.32. The Bertz CT molecular complexity index is 2120. The molecular formula is C33H33FN8O2S. The molecule has 1 aliphatic rings. The first-order valence-electron chi connectivity index (χ1n) is 15.1. The van der Waals surface area contributed by atoms with Crippen LogP contribution in [0.15, 0.2) is 61.2 Å². The van der Waals surface area contributed by atoms with Gasteiger partial charge in [-0.25, -0.2) is 22.8 Å². The molecule has 0 aliphatic heterocycles. The van der Waals surface area contributed by atoms with Crippen LogP contribution in [0.5, 0.6) is 0 Å². The number of benzene rings is 1. The number of nitrogens with one attached hydrogen (secondary N) is 3. The number of nitrogens with zero attached hydrogens (tertiary/aromatic N) is 5. The van der Waals surface area contributed by atoms with Crippen molar-refractivity contribution in [2.24, 2.45) is 5.92 Å². The van der Waals surface area contributed by atoms with Gasteiger partial charge < -0.3 is 10.3 Å². The number of aromatic amines is 2. The topological polar surface area (TPSA) is 142 Å². The monoisotopic (exact) mass is 624 g/mol. The first-order chi connectivity index (χ1) is 21.8. The Balaban J connectivity index is 1.19. The molecule has 0 bridgehead atoms. The fourth-order valence-corrected chi connectivity index (χ4v) is 6.70. The maximum absolute atomic E-state index is 14.6. The van der Waals surface area contributed by atoms with Gasteiger partial charge in [0.05, 0.1) is 34.2 Å². The quantitative estimate of drug-likeness (QED) is 0.178. The average Bonchev–Trinajstić information content (AvgIpc) is 3.79. The Hall–Kier alpha value is -4.55. The molecule has 5 heterocycles. The van der Waals surface area contributed by atoms with Crippen molar-refractivity contribution >= 4 is 31.9 Å². The lowest BCUT2D eigenvalue weighted by molar-refractivity contribution is 0.489. The van der Waals surface area contributed by atoms with Crippen LogP contribution in [0.1, 0.15) is 36.8 Å². The van der Waals surface area contributed by atoms with Gasteiger partial charge in [-0.15, -0.1) is 0 Å². The molecule has 6 aromatic rings. The summed E-state index contributed by atoms with van der Waals surface area (Å²) in [4.78, 5) is 21.9. The summed E-state index contributed by atoms with van der Waals surface area (Å²) in [6.07, 6.45) is 13.7. The molecule has 1 aliphatic carbocycles. The zero-order valence-electron chi connectivity index (χ0n) is 24.8. The molecule has 10 nitrogen and oxygen atoms in total. The van der Waals surface area contributed by atoms with Crippen molar-refractivity contribution in [2.75, 3.05) is 18.6 Å². The van der Waals surface area contributed by atoms with Crippen molar-refractivity contribution in [2.45, 2.75) is 38.6 Å². The largest absolute Gasteiger partial charge is 0.335 e. The second-order valence-electron chi connectivity index (χ2n) is 11.9. The third-order valence-electron chi connectivity index (χ3n) is 8.38. The lowest BCUT2D eigenvalue weighted by Gasteiger charge is -2.11. The van der Waals surface area contributed by atoms with Crippen LogP contribution >= 0.6 is 0 Å². The number of pyridine rings is 3. The number of fused-ring (bicyclic) bond motifs is 2. The van der Waals surface area contributed by atoms with Gasteiger partial charge in [0.15, 0.2) is 11.5 Å². The Labute approximate surface area is 259 Å². The van der Waals surface area contributed by atoms with Crippen LogP contribution in [0.3, 0.4) is 0 Å². The minimum absolute atomic E-state index is 0.0657. The highest BCUT2D eigenvalue weighted by Gasteiger charge is 2.19. The van der Waals surface area contributed by atoms with Gasteiger partial charge >= 0.3 is 0 Å². The summed E-state index contributed by atoms with van der Waals surface area (Å²) in [5.41, 5.74) is 7.76. The van der Waals surface area contributed by atoms with E-state index in [1.54, 1.807) is 18.5 Å². The lowest BCUT2D eigenvalue weighted by atomic mass is 10.0. The number of aromatic nitrogens is 7. The second kappa shape index (κ2) is 12.1. The number of sulfone groups is 1. The number of halogens is 1. The number of hydrogen-bond acceptors (Lipinski definition) is 8. The highest BCUT2D eigenvalue weighted by molar-refractivity contribution is 7.90. The standard InChI is InChI=1S/C33H33FN8O2S/c1-45(43,44)9-8-21-10-23(13-25(34)12-21)26-18-37-19-29-30(26)40-33(39-29)32-31-28(41-42-32)7-6-27(38-31)24-11-22(16-36-17-24)15-35-14-20-4-2-3-5-20/h6-7,10-13,16-20,35H,2-5,8-9,14-15H2,1H3,(H,39,40)(H,41,42). The lowest BCUT2D eigenvalue weighted by Crippen LogP contribution is -2.20. The van der Waals surface area contributed by atoms with Crippen LogP contribution in [0.4, 0.5) is 4.39 Å². The molecule has 3 N–H and O–H groups in total. The summed E-state index contributed by atoms with van der Waals surface area (Å²) < 4.78 is 38.0. The average molecular weight is 625 g/mol. The molecular weight excluding hydrogens is 591 g/mol. The van der Waals surface area contributed by atoms with E-state index in [0.717, 1.165) is 41.3 Å². The first kappa shape index (κ1) is 29.2. The Kier molecular flexibility index (Phi) is 7.84. The van der Waals surface area contributed by atoms with Gasteiger partial charge in [0.2, 0.25) is 0 Å². The van der Waals surface area contributed by atoms with Crippen LogP contribution in [-0.2, 0) is 22.8 Å². The predicted molar refractivity (Wildman–Crippen MR) is 172 cm³/mol. The molecule has 7 rings (SSSR count). The van der Waals surface area contributed by atoms with Gasteiger partial charge in [0.1, 0.15) is 21.2 Å². The minimum Gasteiger partial charge on any atom is -0.335 e. The minimum atomic E-state index is -3.19. The van der Waals surface area contributed by atoms with Crippen molar-refractivity contribution in [3.8, 4) is 33.9 Å². The summed E-state index contributed by atoms with van der Waals surface area (Å²) in [7, 11) is -3.19. The first-order valence-corrected chi connectivity index (χ1v) is 17.2. The third kappa shape index (κ3) is 6.47. The molecule has 5 aromatic heterocycles. The molecule has 0 radical (unpaired) electrons. The number of aryl methyl sites for hydroxylation is 1. The van der Waals surface area contributed by atoms with E-state index < -0.39 is 15.7 Å². The van der Waals surface area contributed by atoms with E-state index in [9.17, 15) is 12.8 Å². The van der Waals surface area contributed by atoms with Crippen molar-refractivity contribution < 1.29 is 12.8 Å². The van der Waals surface area contributed by atoms with Crippen LogP contribution in [0.2, 0.25) is 0 Å². The Morgan fingerprint density at radius 3 is 2.58 bits per heavy atom. The van der Waals surface area contributed by atoms with Crippen molar-refractivity contribution in [1.29, 1.82) is 0 Å². The molecule has 0 saturated heterocycles. The smallest absolute Gasteiger partial charge is 0.161 e. The summed E-state index contributed by atoms with van der Waals surface area (Å²) in [6.45, 7) is 1.79. The van der Waals surface area contributed by atoms with Crippen molar-refractivity contribution in [3.63, 3.8) is 0 Å². The number of H-pyrrole nitrogens is 2. The SMILES string of the molecule is CS(=O)(=O)CCc1cc(F)cc(-c2cncc3[nH]c(-c4n[nH]c5ccc(-c6cncc(CNCC7CCCC7)c6)nc45)nc23)c1. The fraction of sp³-hybridized carbons (Fsp3) is 0.303. The molecule has 1 aromatic carbocycles. The van der Waals surface area contributed by atoms with Gasteiger partial charge in [-0.1, -0.05) is 18.9 Å². The number of imidazole rings is 1. The summed E-state index contributed by atoms with van der Waals surface area (Å²) in [5.74, 6) is 0.742. The summed E-state index contributed by atoms with van der Waals surface area (Å²) >= 11 is 0. The summed E-state index contributed by atoms with van der Waals surface area (Å²) in [6, 6.07) is 10.5. The maximum atomic E-state index is 14.6. The molecule has 0 unspecified atom stereocenters. The summed E-state index contributed by atoms with van der Waals surface area (Å²) in [5, 5.41) is 11.2. The van der Waals surface area contributed by atoms with E-state index in [2.05, 4.69) is 36.5 Å². The highest BCUT2D eigenvalue weighted by atomic mass is 32.2. The number of rotatable bonds is 10. The van der Waals surface area contributed by atoms with Crippen LogP contribution in [-0.4, -0.2) is 62.1 Å².